The van der Waals surface area contributed by atoms with Gasteiger partial charge in [0, 0.05) is 24.8 Å². The molecule has 0 unspecified atom stereocenters. The van der Waals surface area contributed by atoms with Crippen molar-refractivity contribution in [1.82, 2.24) is 5.32 Å². The fourth-order valence-corrected chi connectivity index (χ4v) is 2.23. The van der Waals surface area contributed by atoms with E-state index in [-0.39, 0.29) is 11.9 Å². The van der Waals surface area contributed by atoms with Crippen LogP contribution in [0.15, 0.2) is 24.3 Å². The summed E-state index contributed by atoms with van der Waals surface area (Å²) in [4.78, 5) is 0. The van der Waals surface area contributed by atoms with Gasteiger partial charge in [0.15, 0.2) is 0 Å². The number of alkyl halides is 3. The Bertz CT molecular complexity index is 431. The molecule has 20 heavy (non-hydrogen) atoms. The van der Waals surface area contributed by atoms with Gasteiger partial charge in [0.05, 0.1) is 6.10 Å². The van der Waals surface area contributed by atoms with E-state index in [0.717, 1.165) is 12.8 Å². The number of ether oxygens (including phenoxy) is 2. The summed E-state index contributed by atoms with van der Waals surface area (Å²) in [5.41, 5.74) is 0.504. The van der Waals surface area contributed by atoms with E-state index < -0.39 is 6.36 Å². The van der Waals surface area contributed by atoms with Crippen molar-refractivity contribution in [3.05, 3.63) is 29.8 Å². The predicted molar refractivity (Wildman–Crippen MR) is 68.4 cm³/mol. The molecule has 1 aliphatic carbocycles. The van der Waals surface area contributed by atoms with Crippen LogP contribution >= 0.6 is 0 Å². The van der Waals surface area contributed by atoms with E-state index in [4.69, 9.17) is 4.74 Å². The second kappa shape index (κ2) is 6.45. The maximum atomic E-state index is 12.3. The Hall–Kier alpha value is -1.27. The highest BCUT2D eigenvalue weighted by molar-refractivity contribution is 5.33. The Morgan fingerprint density at radius 1 is 1.25 bits per heavy atom. The summed E-state index contributed by atoms with van der Waals surface area (Å²) < 4.78 is 46.3. The minimum atomic E-state index is -4.66. The predicted octanol–water partition coefficient (Wildman–Crippen LogP) is 3.24. The normalized spacial score (nSPS) is 22.4. The van der Waals surface area contributed by atoms with Crippen LogP contribution in [0.5, 0.6) is 5.75 Å². The van der Waals surface area contributed by atoms with E-state index in [1.807, 2.05) is 6.92 Å². The molecular weight excluding hydrogens is 271 g/mol. The Morgan fingerprint density at radius 2 is 1.95 bits per heavy atom. The first-order chi connectivity index (χ1) is 9.48. The third-order valence-electron chi connectivity index (χ3n) is 3.28. The molecule has 1 fully saturated rings. The second-order valence-electron chi connectivity index (χ2n) is 4.78. The van der Waals surface area contributed by atoms with Crippen molar-refractivity contribution >= 4 is 0 Å². The number of para-hydroxylation sites is 1. The van der Waals surface area contributed by atoms with Gasteiger partial charge < -0.3 is 14.8 Å². The summed E-state index contributed by atoms with van der Waals surface area (Å²) in [5, 5.41) is 3.22. The molecule has 0 aromatic heterocycles. The van der Waals surface area contributed by atoms with Crippen LogP contribution < -0.4 is 10.1 Å². The van der Waals surface area contributed by atoms with Gasteiger partial charge in [0.25, 0.3) is 0 Å². The van der Waals surface area contributed by atoms with Gasteiger partial charge in [-0.1, -0.05) is 18.2 Å². The average Bonchev–Trinajstić information content (AvgIpc) is 2.32. The minimum absolute atomic E-state index is 0.145. The van der Waals surface area contributed by atoms with Crippen LogP contribution in [0, 0.1) is 0 Å². The first-order valence-corrected chi connectivity index (χ1v) is 6.66. The standard InChI is InChI=1S/C14H18F3NO2/c1-2-19-12-7-11(8-12)18-9-10-5-3-4-6-13(10)20-14(15,16)17/h3-6,11-12,18H,2,7-9H2,1H3. The molecular formula is C14H18F3NO2. The van der Waals surface area contributed by atoms with Gasteiger partial charge in [-0.05, 0) is 25.8 Å². The van der Waals surface area contributed by atoms with Gasteiger partial charge >= 0.3 is 6.36 Å². The minimum Gasteiger partial charge on any atom is -0.405 e. The van der Waals surface area contributed by atoms with Crippen molar-refractivity contribution in [3.8, 4) is 5.75 Å². The zero-order valence-electron chi connectivity index (χ0n) is 11.2. The lowest BCUT2D eigenvalue weighted by Crippen LogP contribution is -2.45. The smallest absolute Gasteiger partial charge is 0.405 e. The average molecular weight is 289 g/mol. The Labute approximate surface area is 116 Å². The summed E-state index contributed by atoms with van der Waals surface area (Å²) in [6.45, 7) is 3.00. The van der Waals surface area contributed by atoms with Crippen molar-refractivity contribution in [2.45, 2.75) is 44.8 Å². The lowest BCUT2D eigenvalue weighted by Gasteiger charge is -2.35. The highest BCUT2D eigenvalue weighted by Gasteiger charge is 2.32. The molecule has 6 heteroatoms. The Morgan fingerprint density at radius 3 is 2.60 bits per heavy atom. The number of hydrogen-bond donors (Lipinski definition) is 1. The highest BCUT2D eigenvalue weighted by Crippen LogP contribution is 2.28. The van der Waals surface area contributed by atoms with Gasteiger partial charge in [-0.15, -0.1) is 13.2 Å². The van der Waals surface area contributed by atoms with Crippen LogP contribution in [0.1, 0.15) is 25.3 Å². The van der Waals surface area contributed by atoms with E-state index in [2.05, 4.69) is 10.1 Å². The van der Waals surface area contributed by atoms with Crippen LogP contribution in [-0.4, -0.2) is 25.1 Å². The fraction of sp³-hybridized carbons (Fsp3) is 0.571. The van der Waals surface area contributed by atoms with Crippen LogP contribution in [-0.2, 0) is 11.3 Å². The molecule has 0 amide bonds. The summed E-state index contributed by atoms with van der Waals surface area (Å²) in [6, 6.07) is 6.48. The van der Waals surface area contributed by atoms with Gasteiger partial charge in [-0.2, -0.15) is 0 Å². The monoisotopic (exact) mass is 289 g/mol. The number of halogens is 3. The molecule has 1 aliphatic rings. The van der Waals surface area contributed by atoms with E-state index >= 15 is 0 Å². The number of benzene rings is 1. The van der Waals surface area contributed by atoms with E-state index in [1.54, 1.807) is 12.1 Å². The molecule has 112 valence electrons. The molecule has 1 N–H and O–H groups in total. The number of rotatable bonds is 6. The molecule has 1 aromatic rings. The van der Waals surface area contributed by atoms with E-state index in [9.17, 15) is 13.2 Å². The van der Waals surface area contributed by atoms with Crippen LogP contribution in [0.25, 0.3) is 0 Å². The van der Waals surface area contributed by atoms with Gasteiger partial charge in [-0.25, -0.2) is 0 Å². The van der Waals surface area contributed by atoms with Crippen molar-refractivity contribution in [3.63, 3.8) is 0 Å². The molecule has 1 saturated carbocycles. The molecule has 0 heterocycles. The molecule has 2 rings (SSSR count). The molecule has 1 aromatic carbocycles. The summed E-state index contributed by atoms with van der Waals surface area (Å²) in [7, 11) is 0. The third kappa shape index (κ3) is 4.38. The third-order valence-corrected chi connectivity index (χ3v) is 3.28. The van der Waals surface area contributed by atoms with Gasteiger partial charge in [-0.3, -0.25) is 0 Å². The fourth-order valence-electron chi connectivity index (χ4n) is 2.23. The number of hydrogen-bond acceptors (Lipinski definition) is 3. The Balaban J connectivity index is 1.84. The maximum Gasteiger partial charge on any atom is 0.573 e. The van der Waals surface area contributed by atoms with Crippen molar-refractivity contribution < 1.29 is 22.6 Å². The van der Waals surface area contributed by atoms with E-state index in [0.29, 0.717) is 24.8 Å². The van der Waals surface area contributed by atoms with Gasteiger partial charge in [0.2, 0.25) is 0 Å². The molecule has 0 atom stereocenters. The van der Waals surface area contributed by atoms with Crippen LogP contribution in [0.3, 0.4) is 0 Å². The van der Waals surface area contributed by atoms with Crippen LogP contribution in [0.4, 0.5) is 13.2 Å². The maximum absolute atomic E-state index is 12.3. The van der Waals surface area contributed by atoms with Crippen molar-refractivity contribution in [2.24, 2.45) is 0 Å². The van der Waals surface area contributed by atoms with E-state index in [1.165, 1.54) is 12.1 Å². The first kappa shape index (κ1) is 15.1. The summed E-state index contributed by atoms with van der Waals surface area (Å²) in [5.74, 6) is -0.145. The largest absolute Gasteiger partial charge is 0.573 e. The molecule has 0 radical (unpaired) electrons. The van der Waals surface area contributed by atoms with Crippen molar-refractivity contribution in [2.75, 3.05) is 6.61 Å². The quantitative estimate of drug-likeness (QED) is 0.872. The summed E-state index contributed by atoms with van der Waals surface area (Å²) >= 11 is 0. The molecule has 0 saturated heterocycles. The van der Waals surface area contributed by atoms with Gasteiger partial charge in [0.1, 0.15) is 5.75 Å². The zero-order chi connectivity index (χ0) is 14.6. The molecule has 0 aliphatic heterocycles. The molecule has 0 bridgehead atoms. The molecule has 0 spiro atoms. The lowest BCUT2D eigenvalue weighted by atomic mass is 9.89. The summed E-state index contributed by atoms with van der Waals surface area (Å²) in [6.07, 6.45) is -2.59. The second-order valence-corrected chi connectivity index (χ2v) is 4.78. The first-order valence-electron chi connectivity index (χ1n) is 6.66. The van der Waals surface area contributed by atoms with Crippen molar-refractivity contribution in [1.29, 1.82) is 0 Å². The molecule has 3 nitrogen and oxygen atoms in total. The Kier molecular flexibility index (Phi) is 4.88. The zero-order valence-corrected chi connectivity index (χ0v) is 11.2. The highest BCUT2D eigenvalue weighted by atomic mass is 19.4. The lowest BCUT2D eigenvalue weighted by molar-refractivity contribution is -0.274. The topological polar surface area (TPSA) is 30.5 Å². The SMILES string of the molecule is CCOC1CC(NCc2ccccc2OC(F)(F)F)C1. The van der Waals surface area contributed by atoms with Crippen LogP contribution in [0.2, 0.25) is 0 Å². The number of nitrogens with one attached hydrogen (secondary N) is 1.